The van der Waals surface area contributed by atoms with Gasteiger partial charge < -0.3 is 5.32 Å². The van der Waals surface area contributed by atoms with E-state index in [4.69, 9.17) is 11.6 Å². The summed E-state index contributed by atoms with van der Waals surface area (Å²) in [5.74, 6) is -0.212. The number of alkyl halides is 1. The van der Waals surface area contributed by atoms with Gasteiger partial charge >= 0.3 is 0 Å². The summed E-state index contributed by atoms with van der Waals surface area (Å²) in [5, 5.41) is 7.99. The minimum absolute atomic E-state index is 0.0262. The van der Waals surface area contributed by atoms with Crippen molar-refractivity contribution in [3.8, 4) is 0 Å². The van der Waals surface area contributed by atoms with E-state index in [1.807, 2.05) is 20.0 Å². The van der Waals surface area contributed by atoms with Gasteiger partial charge in [0.1, 0.15) is 5.88 Å². The first kappa shape index (κ1) is 11.9. The maximum Gasteiger partial charge on any atom is 0.235 e. The molecule has 0 atom stereocenters. The molecule has 17 heavy (non-hydrogen) atoms. The quantitative estimate of drug-likeness (QED) is 0.834. The molecule has 0 unspecified atom stereocenters. The summed E-state index contributed by atoms with van der Waals surface area (Å²) in [4.78, 5) is 15.4. The van der Waals surface area contributed by atoms with Crippen molar-refractivity contribution < 1.29 is 4.79 Å². The third-order valence-electron chi connectivity index (χ3n) is 2.53. The fourth-order valence-electron chi connectivity index (χ4n) is 1.70. The van der Waals surface area contributed by atoms with Gasteiger partial charge in [0, 0.05) is 25.2 Å². The number of carbonyl (C=O) groups is 1. The van der Waals surface area contributed by atoms with E-state index in [9.17, 15) is 4.79 Å². The van der Waals surface area contributed by atoms with Crippen LogP contribution in [0.25, 0.3) is 11.0 Å². The van der Waals surface area contributed by atoms with Crippen LogP contribution in [0.5, 0.6) is 0 Å². The van der Waals surface area contributed by atoms with Gasteiger partial charge in [-0.15, -0.1) is 11.6 Å². The summed E-state index contributed by atoms with van der Waals surface area (Å²) >= 11 is 5.40. The van der Waals surface area contributed by atoms with Gasteiger partial charge in [0.15, 0.2) is 5.65 Å². The minimum atomic E-state index is -0.185. The first-order chi connectivity index (χ1) is 8.11. The average Bonchev–Trinajstić information content (AvgIpc) is 2.62. The lowest BCUT2D eigenvalue weighted by Gasteiger charge is -2.03. The van der Waals surface area contributed by atoms with Crippen molar-refractivity contribution in [2.45, 2.75) is 13.5 Å². The Morgan fingerprint density at radius 2 is 2.35 bits per heavy atom. The molecule has 0 radical (unpaired) electrons. The second-order valence-electron chi connectivity index (χ2n) is 3.83. The van der Waals surface area contributed by atoms with Crippen molar-refractivity contribution in [3.63, 3.8) is 0 Å². The van der Waals surface area contributed by atoms with Gasteiger partial charge in [0.25, 0.3) is 0 Å². The minimum Gasteiger partial charge on any atom is -0.351 e. The van der Waals surface area contributed by atoms with E-state index in [-0.39, 0.29) is 11.8 Å². The Morgan fingerprint density at radius 1 is 1.59 bits per heavy atom. The first-order valence-electron chi connectivity index (χ1n) is 5.22. The van der Waals surface area contributed by atoms with Crippen molar-refractivity contribution in [2.24, 2.45) is 7.05 Å². The normalized spacial score (nSPS) is 10.8. The van der Waals surface area contributed by atoms with Gasteiger partial charge in [-0.2, -0.15) is 5.10 Å². The molecule has 0 aliphatic carbocycles. The van der Waals surface area contributed by atoms with Crippen molar-refractivity contribution >= 4 is 28.5 Å². The van der Waals surface area contributed by atoms with Crippen LogP contribution in [-0.4, -0.2) is 26.6 Å². The predicted octanol–water partition coefficient (Wildman–Crippen LogP) is 1.13. The van der Waals surface area contributed by atoms with E-state index < -0.39 is 0 Å². The number of hydrogen-bond acceptors (Lipinski definition) is 3. The highest BCUT2D eigenvalue weighted by atomic mass is 35.5. The van der Waals surface area contributed by atoms with Crippen LogP contribution in [0.1, 0.15) is 11.3 Å². The number of aromatic nitrogens is 3. The smallest absolute Gasteiger partial charge is 0.235 e. The third kappa shape index (κ3) is 2.39. The van der Waals surface area contributed by atoms with Crippen LogP contribution in [0.2, 0.25) is 0 Å². The fourth-order valence-corrected chi connectivity index (χ4v) is 1.79. The number of pyridine rings is 1. The Hall–Kier alpha value is -1.62. The number of aryl methyl sites for hydroxylation is 2. The van der Waals surface area contributed by atoms with Crippen LogP contribution in [0, 0.1) is 6.92 Å². The van der Waals surface area contributed by atoms with Gasteiger partial charge in [-0.25, -0.2) is 4.98 Å². The molecule has 2 aromatic rings. The number of nitrogens with one attached hydrogen (secondary N) is 1. The molecule has 1 N–H and O–H groups in total. The molecule has 0 aliphatic rings. The second kappa shape index (κ2) is 4.71. The van der Waals surface area contributed by atoms with E-state index in [2.05, 4.69) is 15.4 Å². The van der Waals surface area contributed by atoms with E-state index >= 15 is 0 Å². The zero-order chi connectivity index (χ0) is 12.4. The van der Waals surface area contributed by atoms with Crippen LogP contribution in [0.15, 0.2) is 12.3 Å². The SMILES string of the molecule is Cc1nn(C)c2ncc(CNC(=O)CCl)cc12. The highest BCUT2D eigenvalue weighted by molar-refractivity contribution is 6.27. The number of fused-ring (bicyclic) bond motifs is 1. The molecule has 2 aromatic heterocycles. The standard InChI is InChI=1S/C11H13ClN4O/c1-7-9-3-8(5-13-10(17)4-12)6-14-11(9)16(2)15-7/h3,6H,4-5H2,1-2H3,(H,13,17). The molecule has 0 bridgehead atoms. The third-order valence-corrected chi connectivity index (χ3v) is 2.77. The van der Waals surface area contributed by atoms with E-state index in [1.165, 1.54) is 0 Å². The number of halogens is 1. The van der Waals surface area contributed by atoms with E-state index in [0.717, 1.165) is 22.3 Å². The summed E-state index contributed by atoms with van der Waals surface area (Å²) in [6, 6.07) is 1.99. The van der Waals surface area contributed by atoms with Crippen molar-refractivity contribution in [3.05, 3.63) is 23.5 Å². The van der Waals surface area contributed by atoms with Gasteiger partial charge in [-0.3, -0.25) is 9.48 Å². The van der Waals surface area contributed by atoms with Crippen LogP contribution in [-0.2, 0) is 18.4 Å². The van der Waals surface area contributed by atoms with Crippen LogP contribution in [0.4, 0.5) is 0 Å². The van der Waals surface area contributed by atoms with Gasteiger partial charge in [0.2, 0.25) is 5.91 Å². The molecule has 1 amide bonds. The Morgan fingerprint density at radius 3 is 3.06 bits per heavy atom. The maximum absolute atomic E-state index is 11.0. The monoisotopic (exact) mass is 252 g/mol. The number of carbonyl (C=O) groups excluding carboxylic acids is 1. The molecular formula is C11H13ClN4O. The highest BCUT2D eigenvalue weighted by Crippen LogP contribution is 2.16. The molecule has 6 heteroatoms. The van der Waals surface area contributed by atoms with E-state index in [1.54, 1.807) is 10.9 Å². The molecule has 2 heterocycles. The summed E-state index contributed by atoms with van der Waals surface area (Å²) in [6.45, 7) is 2.37. The molecule has 90 valence electrons. The molecule has 0 aliphatic heterocycles. The highest BCUT2D eigenvalue weighted by Gasteiger charge is 2.07. The van der Waals surface area contributed by atoms with Gasteiger partial charge in [-0.05, 0) is 18.6 Å². The fraction of sp³-hybridized carbons (Fsp3) is 0.364. The molecule has 0 spiro atoms. The molecule has 0 fully saturated rings. The van der Waals surface area contributed by atoms with Gasteiger partial charge in [-0.1, -0.05) is 0 Å². The second-order valence-corrected chi connectivity index (χ2v) is 4.10. The van der Waals surface area contributed by atoms with Crippen LogP contribution < -0.4 is 5.32 Å². The Bertz CT molecular complexity index is 564. The number of amides is 1. The maximum atomic E-state index is 11.0. The van der Waals surface area contributed by atoms with Crippen LogP contribution >= 0.6 is 11.6 Å². The molecule has 2 rings (SSSR count). The lowest BCUT2D eigenvalue weighted by atomic mass is 10.2. The Balaban J connectivity index is 2.25. The van der Waals surface area contributed by atoms with Crippen LogP contribution in [0.3, 0.4) is 0 Å². The summed E-state index contributed by atoms with van der Waals surface area (Å²) in [7, 11) is 1.86. The molecule has 0 saturated heterocycles. The van der Waals surface area contributed by atoms with E-state index in [0.29, 0.717) is 6.54 Å². The Labute approximate surface area is 104 Å². The predicted molar refractivity (Wildman–Crippen MR) is 65.8 cm³/mol. The molecular weight excluding hydrogens is 240 g/mol. The summed E-state index contributed by atoms with van der Waals surface area (Å²) in [6.07, 6.45) is 1.73. The average molecular weight is 253 g/mol. The van der Waals surface area contributed by atoms with Crippen molar-refractivity contribution in [2.75, 3.05) is 5.88 Å². The molecule has 0 aromatic carbocycles. The summed E-state index contributed by atoms with van der Waals surface area (Å²) in [5.41, 5.74) is 2.71. The molecule has 0 saturated carbocycles. The van der Waals surface area contributed by atoms with Crippen molar-refractivity contribution in [1.29, 1.82) is 0 Å². The summed E-state index contributed by atoms with van der Waals surface area (Å²) < 4.78 is 1.74. The topological polar surface area (TPSA) is 59.8 Å². The number of hydrogen-bond donors (Lipinski definition) is 1. The van der Waals surface area contributed by atoms with Crippen molar-refractivity contribution in [1.82, 2.24) is 20.1 Å². The number of rotatable bonds is 3. The lowest BCUT2D eigenvalue weighted by Crippen LogP contribution is -2.23. The first-order valence-corrected chi connectivity index (χ1v) is 5.76. The lowest BCUT2D eigenvalue weighted by molar-refractivity contribution is -0.118. The Kier molecular flexibility index (Phi) is 3.28. The van der Waals surface area contributed by atoms with Gasteiger partial charge in [0.05, 0.1) is 5.69 Å². The molecule has 5 nitrogen and oxygen atoms in total. The zero-order valence-corrected chi connectivity index (χ0v) is 10.5. The number of nitrogens with zero attached hydrogens (tertiary/aromatic N) is 3. The largest absolute Gasteiger partial charge is 0.351 e. The zero-order valence-electron chi connectivity index (χ0n) is 9.70.